The zero-order valence-electron chi connectivity index (χ0n) is 17.5. The topological polar surface area (TPSA) is 78.4 Å². The molecule has 2 fully saturated rings. The van der Waals surface area contributed by atoms with E-state index in [1.54, 1.807) is 12.1 Å². The highest BCUT2D eigenvalue weighted by atomic mass is 19.3. The summed E-state index contributed by atoms with van der Waals surface area (Å²) < 4.78 is 41.6. The van der Waals surface area contributed by atoms with E-state index in [1.807, 2.05) is 20.8 Å². The first kappa shape index (κ1) is 22.6. The minimum absolute atomic E-state index is 0.0706. The van der Waals surface area contributed by atoms with Crippen LogP contribution in [0.1, 0.15) is 64.9 Å². The summed E-state index contributed by atoms with van der Waals surface area (Å²) in [5.74, 6) is -5.01. The Morgan fingerprint density at radius 3 is 2.23 bits per heavy atom. The Bertz CT molecular complexity index is 821. The number of benzene rings is 1. The summed E-state index contributed by atoms with van der Waals surface area (Å²) in [5.41, 5.74) is -1.18. The quantitative estimate of drug-likeness (QED) is 0.668. The highest BCUT2D eigenvalue weighted by Crippen LogP contribution is 2.39. The molecule has 0 heterocycles. The second-order valence-electron chi connectivity index (χ2n) is 9.61. The summed E-state index contributed by atoms with van der Waals surface area (Å²) in [6.07, 6.45) is 0.0139. The maximum Gasteiger partial charge on any atom is 0.252 e. The van der Waals surface area contributed by atoms with E-state index in [0.717, 1.165) is 0 Å². The fourth-order valence-corrected chi connectivity index (χ4v) is 3.84. The van der Waals surface area contributed by atoms with Crippen molar-refractivity contribution in [2.45, 2.75) is 82.3 Å². The van der Waals surface area contributed by atoms with Crippen molar-refractivity contribution in [1.82, 2.24) is 5.32 Å². The van der Waals surface area contributed by atoms with E-state index in [-0.39, 0.29) is 31.4 Å². The van der Waals surface area contributed by atoms with Gasteiger partial charge in [0.05, 0.1) is 0 Å². The fourth-order valence-electron chi connectivity index (χ4n) is 3.84. The number of rotatable bonds is 5. The van der Waals surface area contributed by atoms with Gasteiger partial charge in [0.25, 0.3) is 5.91 Å². The van der Waals surface area contributed by atoms with Crippen LogP contribution in [0, 0.1) is 11.7 Å². The number of alkyl halides is 2. The first-order valence-electron chi connectivity index (χ1n) is 10.3. The highest BCUT2D eigenvalue weighted by molar-refractivity contribution is 5.99. The van der Waals surface area contributed by atoms with Gasteiger partial charge in [-0.15, -0.1) is 0 Å². The average molecular weight is 426 g/mol. The molecule has 3 rings (SSSR count). The van der Waals surface area contributed by atoms with Crippen molar-refractivity contribution in [1.29, 1.82) is 0 Å². The normalized spacial score (nSPS) is 21.6. The van der Waals surface area contributed by atoms with Crippen LogP contribution in [-0.2, 0) is 15.0 Å². The first-order valence-corrected chi connectivity index (χ1v) is 10.3. The van der Waals surface area contributed by atoms with Gasteiger partial charge in [-0.3, -0.25) is 9.59 Å². The third-order valence-electron chi connectivity index (χ3n) is 5.99. The smallest absolute Gasteiger partial charge is 0.252 e. The molecular formula is C22H29F3N2O3. The number of anilines is 1. The van der Waals surface area contributed by atoms with Gasteiger partial charge in [0, 0.05) is 18.5 Å². The fraction of sp³-hybridized carbons (Fsp3) is 0.636. The Morgan fingerprint density at radius 1 is 1.13 bits per heavy atom. The molecule has 0 radical (unpaired) electrons. The third-order valence-corrected chi connectivity index (χ3v) is 5.99. The van der Waals surface area contributed by atoms with Gasteiger partial charge in [0.15, 0.2) is 0 Å². The standard InChI is InChI=1S/C22H29F3N2O3/c1-20(2,3)15-5-4-14(12-16(15)23)26-18(28)17(27-19(29)21(30)10-11-21)13-6-8-22(24,25)9-7-13/h4-5,12-13,17,30H,6-11H2,1-3H3,(H,26,28)(H,27,29)/t17-/m1/s1. The number of halogens is 3. The number of amides is 2. The zero-order chi connectivity index (χ0) is 22.3. The van der Waals surface area contributed by atoms with Gasteiger partial charge in [-0.1, -0.05) is 26.8 Å². The molecule has 1 aromatic rings. The van der Waals surface area contributed by atoms with E-state index >= 15 is 0 Å². The maximum absolute atomic E-state index is 14.5. The Labute approximate surface area is 174 Å². The van der Waals surface area contributed by atoms with Gasteiger partial charge in [0.1, 0.15) is 17.5 Å². The monoisotopic (exact) mass is 426 g/mol. The van der Waals surface area contributed by atoms with Gasteiger partial charge in [0.2, 0.25) is 11.8 Å². The number of aliphatic hydroxyl groups is 1. The van der Waals surface area contributed by atoms with Crippen molar-refractivity contribution < 1.29 is 27.9 Å². The minimum atomic E-state index is -2.78. The largest absolute Gasteiger partial charge is 0.380 e. The summed E-state index contributed by atoms with van der Waals surface area (Å²) >= 11 is 0. The van der Waals surface area contributed by atoms with Gasteiger partial charge >= 0.3 is 0 Å². The summed E-state index contributed by atoms with van der Waals surface area (Å²) in [6.45, 7) is 5.62. The molecule has 0 saturated heterocycles. The Balaban J connectivity index is 1.76. The molecule has 1 aromatic carbocycles. The van der Waals surface area contributed by atoms with Crippen LogP contribution in [-0.4, -0.2) is 34.5 Å². The lowest BCUT2D eigenvalue weighted by Gasteiger charge is -2.33. The van der Waals surface area contributed by atoms with Crippen LogP contribution in [0.15, 0.2) is 18.2 Å². The van der Waals surface area contributed by atoms with Gasteiger partial charge in [-0.05, 0) is 54.7 Å². The van der Waals surface area contributed by atoms with Crippen molar-refractivity contribution in [3.63, 3.8) is 0 Å². The lowest BCUT2D eigenvalue weighted by atomic mass is 9.81. The molecule has 0 bridgehead atoms. The summed E-state index contributed by atoms with van der Waals surface area (Å²) in [7, 11) is 0. The van der Waals surface area contributed by atoms with E-state index < -0.39 is 46.5 Å². The number of carbonyl (C=O) groups excluding carboxylic acids is 2. The Morgan fingerprint density at radius 2 is 1.73 bits per heavy atom. The number of nitrogens with one attached hydrogen (secondary N) is 2. The molecule has 166 valence electrons. The Hall–Kier alpha value is -2.09. The molecule has 0 aliphatic heterocycles. The van der Waals surface area contributed by atoms with Crippen molar-refractivity contribution in [2.75, 3.05) is 5.32 Å². The molecule has 2 aliphatic carbocycles. The number of hydrogen-bond acceptors (Lipinski definition) is 3. The number of carbonyl (C=O) groups is 2. The van der Waals surface area contributed by atoms with E-state index in [4.69, 9.17) is 0 Å². The molecule has 8 heteroatoms. The van der Waals surface area contributed by atoms with Crippen LogP contribution in [0.4, 0.5) is 18.9 Å². The second kappa shape index (κ2) is 7.87. The van der Waals surface area contributed by atoms with Crippen molar-refractivity contribution >= 4 is 17.5 Å². The van der Waals surface area contributed by atoms with Crippen molar-refractivity contribution in [3.8, 4) is 0 Å². The third kappa shape index (κ3) is 5.14. The molecule has 0 aromatic heterocycles. The SMILES string of the molecule is CC(C)(C)c1ccc(NC(=O)[C@H](NC(=O)C2(O)CC2)C2CCC(F)(F)CC2)cc1F. The predicted octanol–water partition coefficient (Wildman–Crippen LogP) is 3.90. The molecule has 1 atom stereocenters. The molecule has 2 saturated carbocycles. The predicted molar refractivity (Wildman–Crippen MR) is 107 cm³/mol. The zero-order valence-corrected chi connectivity index (χ0v) is 17.5. The van der Waals surface area contributed by atoms with Gasteiger partial charge < -0.3 is 15.7 Å². The molecule has 3 N–H and O–H groups in total. The molecule has 5 nitrogen and oxygen atoms in total. The van der Waals surface area contributed by atoms with Crippen molar-refractivity contribution in [2.24, 2.45) is 5.92 Å². The average Bonchev–Trinajstić information content (AvgIpc) is 3.37. The van der Waals surface area contributed by atoms with Gasteiger partial charge in [-0.25, -0.2) is 13.2 Å². The maximum atomic E-state index is 14.5. The van der Waals surface area contributed by atoms with Crippen LogP contribution in [0.5, 0.6) is 0 Å². The Kier molecular flexibility index (Phi) is 5.93. The van der Waals surface area contributed by atoms with E-state index in [9.17, 15) is 27.9 Å². The molecule has 2 amide bonds. The minimum Gasteiger partial charge on any atom is -0.380 e. The van der Waals surface area contributed by atoms with Crippen LogP contribution in [0.25, 0.3) is 0 Å². The number of hydrogen-bond donors (Lipinski definition) is 3. The molecular weight excluding hydrogens is 397 g/mol. The van der Waals surface area contributed by atoms with Gasteiger partial charge in [-0.2, -0.15) is 0 Å². The van der Waals surface area contributed by atoms with E-state index in [2.05, 4.69) is 10.6 Å². The van der Waals surface area contributed by atoms with Crippen LogP contribution < -0.4 is 10.6 Å². The van der Waals surface area contributed by atoms with Crippen LogP contribution in [0.3, 0.4) is 0 Å². The van der Waals surface area contributed by atoms with Crippen molar-refractivity contribution in [3.05, 3.63) is 29.6 Å². The van der Waals surface area contributed by atoms with E-state index in [0.29, 0.717) is 18.4 Å². The summed E-state index contributed by atoms with van der Waals surface area (Å²) in [5, 5.41) is 15.2. The lowest BCUT2D eigenvalue weighted by Crippen LogP contribution is -2.53. The molecule has 0 spiro atoms. The molecule has 30 heavy (non-hydrogen) atoms. The molecule has 2 aliphatic rings. The lowest BCUT2D eigenvalue weighted by molar-refractivity contribution is -0.136. The summed E-state index contributed by atoms with van der Waals surface area (Å²) in [4.78, 5) is 25.3. The van der Waals surface area contributed by atoms with E-state index in [1.165, 1.54) is 6.07 Å². The summed E-state index contributed by atoms with van der Waals surface area (Å²) in [6, 6.07) is 3.29. The molecule has 0 unspecified atom stereocenters. The highest BCUT2D eigenvalue weighted by Gasteiger charge is 2.50. The van der Waals surface area contributed by atoms with Crippen LogP contribution >= 0.6 is 0 Å². The first-order chi connectivity index (χ1) is 13.8. The van der Waals surface area contributed by atoms with Crippen LogP contribution in [0.2, 0.25) is 0 Å². The second-order valence-corrected chi connectivity index (χ2v) is 9.61.